The molecule has 0 radical (unpaired) electrons. The summed E-state index contributed by atoms with van der Waals surface area (Å²) in [6.45, 7) is 10.9. The number of rotatable bonds is 27. The number of quaternary nitrogens is 2. The molecule has 6 heteroatoms. The van der Waals surface area contributed by atoms with Crippen molar-refractivity contribution in [2.75, 3.05) is 53.5 Å². The van der Waals surface area contributed by atoms with Gasteiger partial charge >= 0.3 is 0 Å². The fourth-order valence-corrected chi connectivity index (χ4v) is 6.76. The van der Waals surface area contributed by atoms with Gasteiger partial charge in [-0.2, -0.15) is 0 Å². The van der Waals surface area contributed by atoms with Crippen molar-refractivity contribution in [2.24, 2.45) is 0 Å². The van der Waals surface area contributed by atoms with Gasteiger partial charge in [0.25, 0.3) is 0 Å². The van der Waals surface area contributed by atoms with Crippen LogP contribution in [0.5, 0.6) is 0 Å². The molecular formula is C40H70Cl2N2O2. The Morgan fingerprint density at radius 1 is 0.413 bits per heavy atom. The molecule has 2 aromatic rings. The Morgan fingerprint density at radius 2 is 0.696 bits per heavy atom. The molecule has 0 bridgehead atoms. The van der Waals surface area contributed by atoms with Gasteiger partial charge in [-0.05, 0) is 36.8 Å². The van der Waals surface area contributed by atoms with Gasteiger partial charge in [0, 0.05) is 11.1 Å². The molecule has 0 aromatic heterocycles. The monoisotopic (exact) mass is 680 g/mol. The summed E-state index contributed by atoms with van der Waals surface area (Å²) in [5.41, 5.74) is 5.20. The Hall–Kier alpha value is -1.14. The second-order valence-corrected chi connectivity index (χ2v) is 14.2. The lowest BCUT2D eigenvalue weighted by atomic mass is 10.0. The lowest BCUT2D eigenvalue weighted by Gasteiger charge is -2.34. The third kappa shape index (κ3) is 19.0. The van der Waals surface area contributed by atoms with E-state index in [0.717, 1.165) is 48.2 Å². The molecule has 0 aliphatic heterocycles. The summed E-state index contributed by atoms with van der Waals surface area (Å²) < 4.78 is 1.81. The number of hydrogen-bond donors (Lipinski definition) is 2. The van der Waals surface area contributed by atoms with E-state index >= 15 is 0 Å². The first-order valence-corrected chi connectivity index (χ1v) is 18.4. The fraction of sp³-hybridized carbons (Fsp3) is 0.700. The SMILES string of the molecule is CCCCCCCCCC[N+](C)(CCO)Cc1ccc(-c2ccc(C[N+](C)(CCO)CCCCCCCCCC)cc2)cc1.[Cl-].[Cl-]. The van der Waals surface area contributed by atoms with Crippen LogP contribution in [-0.2, 0) is 13.1 Å². The fourth-order valence-electron chi connectivity index (χ4n) is 6.76. The Balaban J connectivity index is 0.0000101. The minimum absolute atomic E-state index is 0. The average molecular weight is 682 g/mol. The van der Waals surface area contributed by atoms with Gasteiger partial charge in [-0.15, -0.1) is 0 Å². The minimum atomic E-state index is 0. The molecule has 0 saturated carbocycles. The first kappa shape index (κ1) is 44.9. The zero-order chi connectivity index (χ0) is 31.9. The largest absolute Gasteiger partial charge is 1.00 e. The van der Waals surface area contributed by atoms with Crippen LogP contribution in [0.15, 0.2) is 48.5 Å². The summed E-state index contributed by atoms with van der Waals surface area (Å²) in [6.07, 6.45) is 21.4. The van der Waals surface area contributed by atoms with Crippen molar-refractivity contribution in [1.82, 2.24) is 0 Å². The van der Waals surface area contributed by atoms with Crippen molar-refractivity contribution in [3.05, 3.63) is 59.7 Å². The van der Waals surface area contributed by atoms with E-state index in [1.807, 2.05) is 0 Å². The molecule has 0 amide bonds. The van der Waals surface area contributed by atoms with Crippen LogP contribution in [0.1, 0.15) is 128 Å². The van der Waals surface area contributed by atoms with Gasteiger partial charge < -0.3 is 44.0 Å². The van der Waals surface area contributed by atoms with E-state index in [1.54, 1.807) is 0 Å². The van der Waals surface area contributed by atoms with Crippen LogP contribution in [0.25, 0.3) is 11.1 Å². The average Bonchev–Trinajstić information content (AvgIpc) is 3.01. The first-order chi connectivity index (χ1) is 21.4. The standard InChI is InChI=1S/C40H70N2O2.2ClH/c1-5-7-9-11-13-15-17-19-29-41(3,31-33-43)35-37-21-25-39(26-22-37)40-27-23-38(24-28-40)36-42(4,32-34-44)30-20-18-16-14-12-10-8-6-2;;/h21-28,43-44H,5-20,29-36H2,1-4H3;2*1H/q+2;;/p-2. The molecule has 2 rings (SSSR count). The van der Waals surface area contributed by atoms with Crippen molar-refractivity contribution in [3.63, 3.8) is 0 Å². The quantitative estimate of drug-likeness (QED) is 0.112. The number of aliphatic hydroxyl groups is 2. The lowest BCUT2D eigenvalue weighted by molar-refractivity contribution is -0.923. The summed E-state index contributed by atoms with van der Waals surface area (Å²) in [7, 11) is 4.61. The van der Waals surface area contributed by atoms with Gasteiger partial charge in [0.2, 0.25) is 0 Å². The van der Waals surface area contributed by atoms with E-state index in [1.165, 1.54) is 125 Å². The van der Waals surface area contributed by atoms with Gasteiger partial charge in [-0.1, -0.05) is 139 Å². The molecule has 0 saturated heterocycles. The summed E-state index contributed by atoms with van der Waals surface area (Å²) in [6, 6.07) is 18.2. The zero-order valence-corrected chi connectivity index (χ0v) is 31.6. The van der Waals surface area contributed by atoms with Gasteiger partial charge in [-0.25, -0.2) is 0 Å². The van der Waals surface area contributed by atoms with Crippen molar-refractivity contribution in [1.29, 1.82) is 0 Å². The van der Waals surface area contributed by atoms with E-state index in [4.69, 9.17) is 0 Å². The van der Waals surface area contributed by atoms with Crippen molar-refractivity contribution in [3.8, 4) is 11.1 Å². The Kier molecular flexibility index (Phi) is 26.1. The van der Waals surface area contributed by atoms with Crippen molar-refractivity contribution in [2.45, 2.75) is 130 Å². The van der Waals surface area contributed by atoms with Crippen LogP contribution >= 0.6 is 0 Å². The predicted molar refractivity (Wildman–Crippen MR) is 191 cm³/mol. The van der Waals surface area contributed by atoms with Crippen LogP contribution in [0.2, 0.25) is 0 Å². The van der Waals surface area contributed by atoms with E-state index < -0.39 is 0 Å². The van der Waals surface area contributed by atoms with E-state index in [-0.39, 0.29) is 38.0 Å². The molecule has 0 heterocycles. The van der Waals surface area contributed by atoms with E-state index in [2.05, 4.69) is 76.5 Å². The highest BCUT2D eigenvalue weighted by Gasteiger charge is 2.22. The third-order valence-electron chi connectivity index (χ3n) is 9.75. The molecule has 4 nitrogen and oxygen atoms in total. The molecule has 266 valence electrons. The molecule has 2 atom stereocenters. The maximum Gasteiger partial charge on any atom is 0.104 e. The molecule has 2 unspecified atom stereocenters. The molecule has 2 N–H and O–H groups in total. The molecular weight excluding hydrogens is 611 g/mol. The van der Waals surface area contributed by atoms with Gasteiger partial charge in [0.15, 0.2) is 0 Å². The Morgan fingerprint density at radius 3 is 0.978 bits per heavy atom. The highest BCUT2D eigenvalue weighted by atomic mass is 35.5. The van der Waals surface area contributed by atoms with Gasteiger partial charge in [0.1, 0.15) is 26.2 Å². The van der Waals surface area contributed by atoms with Crippen LogP contribution in [0, 0.1) is 0 Å². The minimum Gasteiger partial charge on any atom is -1.00 e. The molecule has 0 aliphatic rings. The van der Waals surface area contributed by atoms with Crippen molar-refractivity contribution < 1.29 is 44.0 Å². The van der Waals surface area contributed by atoms with Crippen LogP contribution in [0.3, 0.4) is 0 Å². The normalized spacial score (nSPS) is 13.8. The van der Waals surface area contributed by atoms with E-state index in [9.17, 15) is 10.2 Å². The number of aliphatic hydroxyl groups excluding tert-OH is 2. The van der Waals surface area contributed by atoms with E-state index in [0.29, 0.717) is 0 Å². The molecule has 46 heavy (non-hydrogen) atoms. The summed E-state index contributed by atoms with van der Waals surface area (Å²) >= 11 is 0. The summed E-state index contributed by atoms with van der Waals surface area (Å²) in [5, 5.41) is 19.6. The highest BCUT2D eigenvalue weighted by Crippen LogP contribution is 2.24. The number of benzene rings is 2. The summed E-state index contributed by atoms with van der Waals surface area (Å²) in [5.74, 6) is 0. The molecule has 0 spiro atoms. The second-order valence-electron chi connectivity index (χ2n) is 14.2. The maximum absolute atomic E-state index is 9.79. The number of nitrogens with zero attached hydrogens (tertiary/aromatic N) is 2. The predicted octanol–water partition coefficient (Wildman–Crippen LogP) is 3.52. The number of halogens is 2. The van der Waals surface area contributed by atoms with Crippen LogP contribution < -0.4 is 24.8 Å². The highest BCUT2D eigenvalue weighted by molar-refractivity contribution is 5.63. The Bertz CT molecular complexity index is 893. The van der Waals surface area contributed by atoms with Crippen LogP contribution in [-0.4, -0.2) is 72.7 Å². The number of unbranched alkanes of at least 4 members (excludes halogenated alkanes) is 14. The summed E-state index contributed by atoms with van der Waals surface area (Å²) in [4.78, 5) is 0. The second kappa shape index (κ2) is 26.8. The maximum atomic E-state index is 9.79. The molecule has 2 aromatic carbocycles. The zero-order valence-electron chi connectivity index (χ0n) is 30.1. The van der Waals surface area contributed by atoms with Gasteiger partial charge in [-0.3, -0.25) is 0 Å². The number of hydrogen-bond acceptors (Lipinski definition) is 2. The van der Waals surface area contributed by atoms with Gasteiger partial charge in [0.05, 0.1) is 40.4 Å². The third-order valence-corrected chi connectivity index (χ3v) is 9.75. The van der Waals surface area contributed by atoms with Crippen LogP contribution in [0.4, 0.5) is 0 Å². The van der Waals surface area contributed by atoms with Crippen molar-refractivity contribution >= 4 is 0 Å². The Labute approximate surface area is 297 Å². The lowest BCUT2D eigenvalue weighted by Crippen LogP contribution is -3.00. The first-order valence-electron chi connectivity index (χ1n) is 18.4. The molecule has 0 fully saturated rings. The smallest absolute Gasteiger partial charge is 0.104 e. The molecule has 0 aliphatic carbocycles. The topological polar surface area (TPSA) is 40.5 Å². The number of likely N-dealkylation sites (N-methyl/N-ethyl adjacent to an activating group) is 2.